The van der Waals surface area contributed by atoms with Crippen LogP contribution >= 0.6 is 0 Å². The average molecular weight is 361 g/mol. The molecule has 0 fully saturated rings. The number of aryl methyl sites for hydroxylation is 1. The van der Waals surface area contributed by atoms with Crippen LogP contribution < -0.4 is 10.5 Å². The molecule has 1 amide bonds. The molecule has 1 aromatic carbocycles. The highest BCUT2D eigenvalue weighted by Gasteiger charge is 2.10. The highest BCUT2D eigenvalue weighted by molar-refractivity contribution is 5.98. The van der Waals surface area contributed by atoms with Crippen LogP contribution in [0.4, 0.5) is 0 Å². The third-order valence-electron chi connectivity index (χ3n) is 3.90. The number of aromatic nitrogens is 2. The molecule has 0 aliphatic heterocycles. The van der Waals surface area contributed by atoms with E-state index in [-0.39, 0.29) is 18.8 Å². The van der Waals surface area contributed by atoms with Gasteiger partial charge in [-0.25, -0.2) is 0 Å². The van der Waals surface area contributed by atoms with E-state index in [9.17, 15) is 9.59 Å². The molecule has 136 valence electrons. The summed E-state index contributed by atoms with van der Waals surface area (Å²) in [5.41, 5.74) is 8.79. The van der Waals surface area contributed by atoms with E-state index in [0.717, 1.165) is 17.0 Å². The van der Waals surface area contributed by atoms with Crippen molar-refractivity contribution in [1.29, 1.82) is 0 Å². The molecule has 6 nitrogen and oxygen atoms in total. The molecule has 0 spiro atoms. The van der Waals surface area contributed by atoms with Crippen molar-refractivity contribution >= 4 is 11.7 Å². The molecule has 2 aromatic heterocycles. The fourth-order valence-electron chi connectivity index (χ4n) is 2.60. The first-order valence-corrected chi connectivity index (χ1v) is 8.44. The van der Waals surface area contributed by atoms with Gasteiger partial charge in [0, 0.05) is 28.7 Å². The first-order valence-electron chi connectivity index (χ1n) is 8.44. The molecule has 6 heteroatoms. The number of rotatable bonds is 7. The molecule has 2 heterocycles. The van der Waals surface area contributed by atoms with Crippen LogP contribution in [0.2, 0.25) is 0 Å². The van der Waals surface area contributed by atoms with E-state index >= 15 is 0 Å². The average Bonchev–Trinajstić information content (AvgIpc) is 2.67. The van der Waals surface area contributed by atoms with E-state index in [1.54, 1.807) is 30.5 Å². The molecule has 0 radical (unpaired) electrons. The quantitative estimate of drug-likeness (QED) is 0.653. The van der Waals surface area contributed by atoms with E-state index < -0.39 is 5.91 Å². The minimum absolute atomic E-state index is 0.0156. The lowest BCUT2D eigenvalue weighted by atomic mass is 10.0. The van der Waals surface area contributed by atoms with Gasteiger partial charge < -0.3 is 10.5 Å². The third-order valence-corrected chi connectivity index (χ3v) is 3.90. The Bertz CT molecular complexity index is 968. The van der Waals surface area contributed by atoms with Crippen molar-refractivity contribution in [2.45, 2.75) is 13.3 Å². The molecular weight excluding hydrogens is 342 g/mol. The standard InChI is InChI=1S/C21H19N3O3/c1-14-3-2-4-17(24-14)12-20(25)16-9-10-23-19(11-16)15-5-7-18(8-6-15)27-13-21(22)26/h2-11H,12-13H2,1H3,(H2,22,26). The maximum atomic E-state index is 12.6. The lowest BCUT2D eigenvalue weighted by Gasteiger charge is -2.07. The smallest absolute Gasteiger partial charge is 0.255 e. The van der Waals surface area contributed by atoms with Crippen LogP contribution in [0.1, 0.15) is 21.7 Å². The second kappa shape index (κ2) is 8.23. The number of Topliss-reactive ketones (excluding diaryl/α,β-unsaturated/α-hetero) is 1. The summed E-state index contributed by atoms with van der Waals surface area (Å²) in [5.74, 6) is -0.0106. The van der Waals surface area contributed by atoms with Gasteiger partial charge in [-0.1, -0.05) is 6.07 Å². The van der Waals surface area contributed by atoms with E-state index in [4.69, 9.17) is 10.5 Å². The molecular formula is C21H19N3O3. The Morgan fingerprint density at radius 3 is 2.56 bits per heavy atom. The largest absolute Gasteiger partial charge is 0.484 e. The number of hydrogen-bond donors (Lipinski definition) is 1. The fourth-order valence-corrected chi connectivity index (χ4v) is 2.60. The normalized spacial score (nSPS) is 10.4. The third kappa shape index (κ3) is 4.98. The molecule has 0 atom stereocenters. The molecule has 0 unspecified atom stereocenters. The summed E-state index contributed by atoms with van der Waals surface area (Å²) in [4.78, 5) is 32.1. The maximum Gasteiger partial charge on any atom is 0.255 e. The molecule has 3 aromatic rings. The second-order valence-electron chi connectivity index (χ2n) is 6.08. The first-order chi connectivity index (χ1) is 13.0. The van der Waals surface area contributed by atoms with Crippen LogP contribution in [-0.4, -0.2) is 28.3 Å². The van der Waals surface area contributed by atoms with Crippen molar-refractivity contribution in [2.24, 2.45) is 5.73 Å². The topological polar surface area (TPSA) is 95.2 Å². The molecule has 0 aliphatic rings. The Kier molecular flexibility index (Phi) is 5.56. The Morgan fingerprint density at radius 2 is 1.85 bits per heavy atom. The SMILES string of the molecule is Cc1cccc(CC(=O)c2ccnc(-c3ccc(OCC(N)=O)cc3)c2)n1. The van der Waals surface area contributed by atoms with Gasteiger partial charge in [0.25, 0.3) is 5.91 Å². The van der Waals surface area contributed by atoms with Crippen LogP contribution in [0, 0.1) is 6.92 Å². The highest BCUT2D eigenvalue weighted by atomic mass is 16.5. The summed E-state index contributed by atoms with van der Waals surface area (Å²) >= 11 is 0. The number of pyridine rings is 2. The Balaban J connectivity index is 1.75. The minimum atomic E-state index is -0.532. The van der Waals surface area contributed by atoms with Gasteiger partial charge in [-0.2, -0.15) is 0 Å². The van der Waals surface area contributed by atoms with Crippen molar-refractivity contribution in [3.05, 3.63) is 77.7 Å². The van der Waals surface area contributed by atoms with Gasteiger partial charge in [0.2, 0.25) is 0 Å². The number of ether oxygens (including phenoxy) is 1. The zero-order valence-corrected chi connectivity index (χ0v) is 14.9. The number of nitrogens with zero attached hydrogens (tertiary/aromatic N) is 2. The molecule has 0 aliphatic carbocycles. The summed E-state index contributed by atoms with van der Waals surface area (Å²) in [6, 6.07) is 16.2. The van der Waals surface area contributed by atoms with Crippen molar-refractivity contribution < 1.29 is 14.3 Å². The van der Waals surface area contributed by atoms with E-state index in [1.165, 1.54) is 0 Å². The second-order valence-corrected chi connectivity index (χ2v) is 6.08. The van der Waals surface area contributed by atoms with Crippen LogP contribution in [-0.2, 0) is 11.2 Å². The first kappa shape index (κ1) is 18.3. The van der Waals surface area contributed by atoms with Gasteiger partial charge in [-0.05, 0) is 55.5 Å². The minimum Gasteiger partial charge on any atom is -0.484 e. The van der Waals surface area contributed by atoms with Gasteiger partial charge >= 0.3 is 0 Å². The molecule has 0 saturated carbocycles. The summed E-state index contributed by atoms with van der Waals surface area (Å²) in [7, 11) is 0. The lowest BCUT2D eigenvalue weighted by Crippen LogP contribution is -2.19. The monoisotopic (exact) mass is 361 g/mol. The van der Waals surface area contributed by atoms with Gasteiger partial charge in [-0.15, -0.1) is 0 Å². The zero-order valence-electron chi connectivity index (χ0n) is 14.9. The molecule has 0 saturated heterocycles. The molecule has 3 rings (SSSR count). The predicted molar refractivity (Wildman–Crippen MR) is 101 cm³/mol. The predicted octanol–water partition coefficient (Wildman–Crippen LogP) is 2.74. The van der Waals surface area contributed by atoms with E-state index in [0.29, 0.717) is 17.0 Å². The Labute approximate surface area is 157 Å². The van der Waals surface area contributed by atoms with Crippen molar-refractivity contribution in [2.75, 3.05) is 6.61 Å². The van der Waals surface area contributed by atoms with Gasteiger partial charge in [0.1, 0.15) is 5.75 Å². The van der Waals surface area contributed by atoms with Gasteiger partial charge in [0.15, 0.2) is 12.4 Å². The number of carbonyl (C=O) groups excluding carboxylic acids is 2. The number of hydrogen-bond acceptors (Lipinski definition) is 5. The summed E-state index contributed by atoms with van der Waals surface area (Å²) < 4.78 is 5.24. The van der Waals surface area contributed by atoms with E-state index in [2.05, 4.69) is 9.97 Å². The summed E-state index contributed by atoms with van der Waals surface area (Å²) in [5, 5.41) is 0. The summed E-state index contributed by atoms with van der Waals surface area (Å²) in [6.45, 7) is 1.73. The lowest BCUT2D eigenvalue weighted by molar-refractivity contribution is -0.119. The number of primary amides is 1. The van der Waals surface area contributed by atoms with Gasteiger partial charge in [-0.3, -0.25) is 19.6 Å². The number of ketones is 1. The highest BCUT2D eigenvalue weighted by Crippen LogP contribution is 2.22. The van der Waals surface area contributed by atoms with Crippen molar-refractivity contribution in [3.8, 4) is 17.0 Å². The number of amides is 1. The van der Waals surface area contributed by atoms with Crippen LogP contribution in [0.5, 0.6) is 5.75 Å². The van der Waals surface area contributed by atoms with Crippen LogP contribution in [0.15, 0.2) is 60.8 Å². The molecule has 0 bridgehead atoms. The Hall–Kier alpha value is -3.54. The van der Waals surface area contributed by atoms with Crippen molar-refractivity contribution in [1.82, 2.24) is 9.97 Å². The van der Waals surface area contributed by atoms with Crippen LogP contribution in [0.25, 0.3) is 11.3 Å². The Morgan fingerprint density at radius 1 is 1.07 bits per heavy atom. The van der Waals surface area contributed by atoms with E-state index in [1.807, 2.05) is 37.3 Å². The fraction of sp³-hybridized carbons (Fsp3) is 0.143. The van der Waals surface area contributed by atoms with Crippen molar-refractivity contribution in [3.63, 3.8) is 0 Å². The number of carbonyl (C=O) groups is 2. The molecule has 2 N–H and O–H groups in total. The number of benzene rings is 1. The van der Waals surface area contributed by atoms with Crippen LogP contribution in [0.3, 0.4) is 0 Å². The molecule has 27 heavy (non-hydrogen) atoms. The van der Waals surface area contributed by atoms with Gasteiger partial charge in [0.05, 0.1) is 12.1 Å². The maximum absolute atomic E-state index is 12.6. The summed E-state index contributed by atoms with van der Waals surface area (Å²) in [6.07, 6.45) is 1.86. The number of nitrogens with two attached hydrogens (primary N) is 1. The zero-order chi connectivity index (χ0) is 19.2.